The first-order chi connectivity index (χ1) is 19.8. The summed E-state index contributed by atoms with van der Waals surface area (Å²) in [4.78, 5) is 32.0. The van der Waals surface area contributed by atoms with Gasteiger partial charge in [0.2, 0.25) is 0 Å². The molecule has 1 amide bonds. The Morgan fingerprint density at radius 2 is 1.88 bits per heavy atom. The molecule has 1 unspecified atom stereocenters. The second-order valence-corrected chi connectivity index (χ2v) is 9.91. The number of nitrogen functional groups attached to an aromatic ring is 1. The van der Waals surface area contributed by atoms with Gasteiger partial charge >= 0.3 is 5.65 Å². The maximum absolute atomic E-state index is 14.3. The molecule has 0 aliphatic carbocycles. The van der Waals surface area contributed by atoms with Gasteiger partial charge in [0, 0.05) is 35.8 Å². The van der Waals surface area contributed by atoms with Crippen LogP contribution >= 0.6 is 0 Å². The van der Waals surface area contributed by atoms with E-state index in [0.717, 1.165) is 22.2 Å². The number of aromatic nitrogens is 6. The number of hydrogen-bond acceptors (Lipinski definition) is 5. The zero-order valence-electron chi connectivity index (χ0n) is 22.9. The van der Waals surface area contributed by atoms with Gasteiger partial charge in [-0.15, -0.1) is 4.52 Å². The van der Waals surface area contributed by atoms with E-state index in [1.807, 2.05) is 92.3 Å². The molecule has 0 radical (unpaired) electrons. The fourth-order valence-electron chi connectivity index (χ4n) is 5.09. The van der Waals surface area contributed by atoms with E-state index in [-0.39, 0.29) is 16.9 Å². The predicted octanol–water partition coefficient (Wildman–Crippen LogP) is 3.74. The molecule has 41 heavy (non-hydrogen) atoms. The summed E-state index contributed by atoms with van der Waals surface area (Å²) in [6, 6.07) is 18.3. The summed E-state index contributed by atoms with van der Waals surface area (Å²) in [6.45, 7) is 3.84. The predicted molar refractivity (Wildman–Crippen MR) is 158 cm³/mol. The number of anilines is 1. The van der Waals surface area contributed by atoms with E-state index in [2.05, 4.69) is 20.5 Å². The van der Waals surface area contributed by atoms with Crippen LogP contribution < -0.4 is 21.1 Å². The fourth-order valence-corrected chi connectivity index (χ4v) is 5.09. The van der Waals surface area contributed by atoms with E-state index in [1.54, 1.807) is 33.7 Å². The van der Waals surface area contributed by atoms with Crippen molar-refractivity contribution in [2.45, 2.75) is 19.9 Å². The van der Waals surface area contributed by atoms with Crippen molar-refractivity contribution in [3.05, 3.63) is 118 Å². The maximum Gasteiger partial charge on any atom is 0.362 e. The first-order valence-electron chi connectivity index (χ1n) is 13.2. The van der Waals surface area contributed by atoms with E-state index < -0.39 is 11.9 Å². The van der Waals surface area contributed by atoms with Gasteiger partial charge in [-0.25, -0.2) is 5.10 Å². The molecule has 0 aliphatic heterocycles. The minimum atomic E-state index is -0.546. The van der Waals surface area contributed by atoms with Crippen LogP contribution in [0.4, 0.5) is 5.82 Å². The summed E-state index contributed by atoms with van der Waals surface area (Å²) >= 11 is 0. The average Bonchev–Trinajstić information content (AvgIpc) is 3.49. The van der Waals surface area contributed by atoms with Gasteiger partial charge in [0.05, 0.1) is 17.6 Å². The molecular formula is C31H29N8O2+. The Balaban J connectivity index is 1.47. The molecule has 0 bridgehead atoms. The normalized spacial score (nSPS) is 12.4. The first-order valence-corrected chi connectivity index (χ1v) is 13.2. The molecule has 6 aromatic rings. The topological polar surface area (TPSA) is 128 Å². The van der Waals surface area contributed by atoms with Crippen molar-refractivity contribution in [1.29, 1.82) is 0 Å². The minimum absolute atomic E-state index is 0.184. The molecule has 4 N–H and O–H groups in total. The second kappa shape index (κ2) is 10.2. The molecule has 2 aromatic carbocycles. The Hall–Kier alpha value is -5.51. The third kappa shape index (κ3) is 4.55. The van der Waals surface area contributed by atoms with Crippen molar-refractivity contribution >= 4 is 40.3 Å². The highest BCUT2D eigenvalue weighted by Crippen LogP contribution is 2.25. The number of hydrogen-bond donors (Lipinski definition) is 3. The lowest BCUT2D eigenvalue weighted by Crippen LogP contribution is -2.33. The quantitative estimate of drug-likeness (QED) is 0.275. The number of aryl methyl sites for hydroxylation is 1. The molecule has 0 fully saturated rings. The van der Waals surface area contributed by atoms with Crippen LogP contribution in [0.3, 0.4) is 0 Å². The molecule has 6 rings (SSSR count). The number of para-hydroxylation sites is 1. The largest absolute Gasteiger partial charge is 0.382 e. The number of benzene rings is 2. The van der Waals surface area contributed by atoms with Crippen LogP contribution in [0.1, 0.15) is 45.8 Å². The first kappa shape index (κ1) is 25.8. The van der Waals surface area contributed by atoms with Crippen molar-refractivity contribution in [1.82, 2.24) is 29.7 Å². The Labute approximate surface area is 235 Å². The summed E-state index contributed by atoms with van der Waals surface area (Å²) in [5, 5.41) is 11.6. The lowest BCUT2D eigenvalue weighted by atomic mass is 10.0. The summed E-state index contributed by atoms with van der Waals surface area (Å²) in [6.07, 6.45) is 9.05. The highest BCUT2D eigenvalue weighted by Gasteiger charge is 2.27. The van der Waals surface area contributed by atoms with E-state index in [4.69, 9.17) is 5.73 Å². The lowest BCUT2D eigenvalue weighted by Gasteiger charge is -2.21. The molecule has 1 atom stereocenters. The van der Waals surface area contributed by atoms with Crippen molar-refractivity contribution in [3.63, 3.8) is 0 Å². The Bertz CT molecular complexity index is 2020. The zero-order chi connectivity index (χ0) is 28.7. The summed E-state index contributed by atoms with van der Waals surface area (Å²) in [7, 11) is 1.90. The SMILES string of the molecule is Cc1c(C=Cc2cccc3cc(C(C)NC(=O)c4c(N)[nH][n+]5cccnc45)n(-c4ccccc4)c(=O)c23)cnn1C. The third-order valence-corrected chi connectivity index (χ3v) is 7.34. The molecule has 0 saturated carbocycles. The molecular weight excluding hydrogens is 516 g/mol. The number of aromatic amines is 1. The maximum atomic E-state index is 14.3. The van der Waals surface area contributed by atoms with Crippen LogP contribution in [0.15, 0.2) is 84.0 Å². The molecule has 10 nitrogen and oxygen atoms in total. The Kier molecular flexibility index (Phi) is 6.43. The minimum Gasteiger partial charge on any atom is -0.382 e. The standard InChI is InChI=1S/C31H28N8O2/c1-19(35-30(40)27-28(32)36-38-16-8-15-33-29(27)38)25-17-22-10-7-9-21(13-14-23-18-34-37(3)20(23)2)26(22)31(41)39(25)24-11-5-4-6-12-24/h4-19H,1-3H3,(H3,32,35,36,40)/p+1. The van der Waals surface area contributed by atoms with Crippen LogP contribution in [-0.4, -0.2) is 30.3 Å². The van der Waals surface area contributed by atoms with E-state index in [0.29, 0.717) is 22.4 Å². The summed E-state index contributed by atoms with van der Waals surface area (Å²) in [5.74, 6) is -0.198. The third-order valence-electron chi connectivity index (χ3n) is 7.34. The van der Waals surface area contributed by atoms with E-state index >= 15 is 0 Å². The Morgan fingerprint density at radius 3 is 2.63 bits per heavy atom. The van der Waals surface area contributed by atoms with Crippen molar-refractivity contribution in [3.8, 4) is 5.69 Å². The fraction of sp³-hybridized carbons (Fsp3) is 0.129. The molecule has 0 saturated heterocycles. The monoisotopic (exact) mass is 545 g/mol. The zero-order valence-corrected chi connectivity index (χ0v) is 22.9. The number of pyridine rings is 1. The van der Waals surface area contributed by atoms with Crippen LogP contribution in [0.2, 0.25) is 0 Å². The number of H-pyrrole nitrogens is 1. The molecule has 0 spiro atoms. The summed E-state index contributed by atoms with van der Waals surface area (Å²) in [5.41, 5.74) is 10.7. The van der Waals surface area contributed by atoms with Gasteiger partial charge in [-0.2, -0.15) is 5.10 Å². The van der Waals surface area contributed by atoms with Gasteiger partial charge in [-0.05, 0) is 48.0 Å². The van der Waals surface area contributed by atoms with Gasteiger partial charge in [0.1, 0.15) is 12.4 Å². The van der Waals surface area contributed by atoms with Crippen LogP contribution in [0, 0.1) is 6.92 Å². The number of amides is 1. The van der Waals surface area contributed by atoms with Gasteiger partial charge < -0.3 is 11.1 Å². The second-order valence-electron chi connectivity index (χ2n) is 9.91. The van der Waals surface area contributed by atoms with Gasteiger partial charge in [0.15, 0.2) is 11.4 Å². The number of nitrogens with zero attached hydrogens (tertiary/aromatic N) is 5. The Morgan fingerprint density at radius 1 is 1.10 bits per heavy atom. The van der Waals surface area contributed by atoms with Crippen molar-refractivity contribution in [2.75, 3.05) is 5.73 Å². The van der Waals surface area contributed by atoms with Gasteiger partial charge in [0.25, 0.3) is 11.5 Å². The molecule has 204 valence electrons. The van der Waals surface area contributed by atoms with Crippen LogP contribution in [0.5, 0.6) is 0 Å². The molecule has 4 aromatic heterocycles. The van der Waals surface area contributed by atoms with Crippen molar-refractivity contribution in [2.24, 2.45) is 7.05 Å². The molecule has 0 aliphatic rings. The molecule has 4 heterocycles. The number of fused-ring (bicyclic) bond motifs is 2. The molecule has 10 heteroatoms. The van der Waals surface area contributed by atoms with E-state index in [1.165, 1.54) is 0 Å². The number of carbonyl (C=O) groups excluding carboxylic acids is 1. The van der Waals surface area contributed by atoms with Gasteiger partial charge in [-0.1, -0.05) is 48.6 Å². The smallest absolute Gasteiger partial charge is 0.362 e. The van der Waals surface area contributed by atoms with Crippen LogP contribution in [0.25, 0.3) is 34.3 Å². The van der Waals surface area contributed by atoms with Crippen LogP contribution in [-0.2, 0) is 7.05 Å². The highest BCUT2D eigenvalue weighted by atomic mass is 16.2. The highest BCUT2D eigenvalue weighted by molar-refractivity contribution is 6.03. The number of rotatable bonds is 6. The summed E-state index contributed by atoms with van der Waals surface area (Å²) < 4.78 is 5.06. The van der Waals surface area contributed by atoms with E-state index in [9.17, 15) is 9.59 Å². The van der Waals surface area contributed by atoms with Crippen molar-refractivity contribution < 1.29 is 9.31 Å². The average molecular weight is 546 g/mol. The van der Waals surface area contributed by atoms with Gasteiger partial charge in [-0.3, -0.25) is 18.8 Å². The number of nitrogens with one attached hydrogen (secondary N) is 2. The lowest BCUT2D eigenvalue weighted by molar-refractivity contribution is -0.577. The number of nitrogens with two attached hydrogens (primary N) is 1. The number of carbonyl (C=O) groups is 1.